The summed E-state index contributed by atoms with van der Waals surface area (Å²) < 4.78 is 4.78. The Kier molecular flexibility index (Phi) is 6.09. The smallest absolute Gasteiger partial charge is 0.256 e. The van der Waals surface area contributed by atoms with Gasteiger partial charge in [0.2, 0.25) is 0 Å². The standard InChI is InChI=1S/C25H26N6O3/c1-30-9-11-31(12-10-30)21-6-4-17(5-7-21)25(33)28-23-22-14-18(2-3-19(22)15-26-23)24(32)27-16-20-8-13-34-29-20/h2-8,13-14H,9-12,15-16H2,1H3,(H,27,32)(H,26,28,33). The van der Waals surface area contributed by atoms with Crippen molar-refractivity contribution in [3.8, 4) is 0 Å². The fourth-order valence-electron chi connectivity index (χ4n) is 4.10. The number of rotatable bonds is 5. The van der Waals surface area contributed by atoms with Crippen LogP contribution in [0.5, 0.6) is 0 Å². The number of amides is 2. The van der Waals surface area contributed by atoms with Gasteiger partial charge in [0.25, 0.3) is 11.8 Å². The minimum atomic E-state index is -0.233. The number of amidine groups is 1. The van der Waals surface area contributed by atoms with E-state index in [0.717, 1.165) is 43.0 Å². The second-order valence-corrected chi connectivity index (χ2v) is 8.50. The zero-order valence-electron chi connectivity index (χ0n) is 19.0. The van der Waals surface area contributed by atoms with Gasteiger partial charge in [-0.15, -0.1) is 0 Å². The number of aromatic nitrogens is 1. The van der Waals surface area contributed by atoms with Crippen molar-refractivity contribution < 1.29 is 14.1 Å². The molecule has 9 heteroatoms. The van der Waals surface area contributed by atoms with Crippen molar-refractivity contribution in [2.75, 3.05) is 38.1 Å². The first kappa shape index (κ1) is 21.8. The van der Waals surface area contributed by atoms with Gasteiger partial charge in [-0.2, -0.15) is 0 Å². The molecule has 1 saturated heterocycles. The van der Waals surface area contributed by atoms with Crippen LogP contribution in [0.1, 0.15) is 37.5 Å². The van der Waals surface area contributed by atoms with Crippen LogP contribution in [0, 0.1) is 0 Å². The van der Waals surface area contributed by atoms with Crippen molar-refractivity contribution in [2.45, 2.75) is 13.1 Å². The Hall–Kier alpha value is -3.98. The SMILES string of the molecule is CN1CCN(c2ccc(C(=O)NC3=NCc4ccc(C(=O)NCc5ccon5)cc43)cc2)CC1. The Labute approximate surface area is 197 Å². The highest BCUT2D eigenvalue weighted by molar-refractivity contribution is 6.15. The fourth-order valence-corrected chi connectivity index (χ4v) is 4.10. The predicted molar refractivity (Wildman–Crippen MR) is 128 cm³/mol. The van der Waals surface area contributed by atoms with Crippen molar-refractivity contribution in [3.63, 3.8) is 0 Å². The number of carbonyl (C=O) groups excluding carboxylic acids is 2. The molecule has 0 bridgehead atoms. The quantitative estimate of drug-likeness (QED) is 0.607. The lowest BCUT2D eigenvalue weighted by atomic mass is 10.0. The van der Waals surface area contributed by atoms with Gasteiger partial charge in [-0.05, 0) is 49.0 Å². The zero-order valence-corrected chi connectivity index (χ0v) is 19.0. The third-order valence-corrected chi connectivity index (χ3v) is 6.19. The number of nitrogens with zero attached hydrogens (tertiary/aromatic N) is 4. The van der Waals surface area contributed by atoms with Crippen molar-refractivity contribution in [1.82, 2.24) is 20.7 Å². The van der Waals surface area contributed by atoms with Crippen LogP contribution in [-0.4, -0.2) is 60.9 Å². The monoisotopic (exact) mass is 458 g/mol. The van der Waals surface area contributed by atoms with Gasteiger partial charge >= 0.3 is 0 Å². The van der Waals surface area contributed by atoms with E-state index in [0.29, 0.717) is 29.2 Å². The number of piperazine rings is 1. The van der Waals surface area contributed by atoms with Crippen LogP contribution in [0.25, 0.3) is 0 Å². The van der Waals surface area contributed by atoms with Gasteiger partial charge in [0, 0.05) is 54.6 Å². The number of fused-ring (bicyclic) bond motifs is 1. The molecule has 2 amide bonds. The summed E-state index contributed by atoms with van der Waals surface area (Å²) in [5, 5.41) is 9.51. The fraction of sp³-hybridized carbons (Fsp3) is 0.280. The average Bonchev–Trinajstić information content (AvgIpc) is 3.53. The zero-order chi connectivity index (χ0) is 23.5. The summed E-state index contributed by atoms with van der Waals surface area (Å²) in [5.41, 5.74) is 4.54. The first-order valence-electron chi connectivity index (χ1n) is 11.3. The summed E-state index contributed by atoms with van der Waals surface area (Å²) in [6.07, 6.45) is 1.46. The Balaban J connectivity index is 1.23. The first-order chi connectivity index (χ1) is 16.6. The largest absolute Gasteiger partial charge is 0.369 e. The highest BCUT2D eigenvalue weighted by Crippen LogP contribution is 2.21. The van der Waals surface area contributed by atoms with Crippen LogP contribution in [0.15, 0.2) is 64.3 Å². The van der Waals surface area contributed by atoms with Gasteiger partial charge in [0.15, 0.2) is 0 Å². The number of hydrogen-bond acceptors (Lipinski definition) is 7. The molecule has 0 atom stereocenters. The molecule has 0 saturated carbocycles. The third-order valence-electron chi connectivity index (χ3n) is 6.19. The maximum Gasteiger partial charge on any atom is 0.256 e. The molecule has 2 aliphatic heterocycles. The van der Waals surface area contributed by atoms with E-state index in [4.69, 9.17) is 4.52 Å². The second-order valence-electron chi connectivity index (χ2n) is 8.50. The van der Waals surface area contributed by atoms with E-state index in [1.165, 1.54) is 6.26 Å². The number of nitrogens with one attached hydrogen (secondary N) is 2. The molecule has 0 radical (unpaired) electrons. The van der Waals surface area contributed by atoms with Gasteiger partial charge in [0.1, 0.15) is 17.8 Å². The van der Waals surface area contributed by atoms with Crippen molar-refractivity contribution in [2.24, 2.45) is 4.99 Å². The molecule has 5 rings (SSSR count). The molecule has 3 heterocycles. The Morgan fingerprint density at radius 2 is 1.74 bits per heavy atom. The van der Waals surface area contributed by atoms with Crippen molar-refractivity contribution >= 4 is 23.3 Å². The predicted octanol–water partition coefficient (Wildman–Crippen LogP) is 2.05. The molecule has 2 N–H and O–H groups in total. The van der Waals surface area contributed by atoms with Crippen LogP contribution < -0.4 is 15.5 Å². The lowest BCUT2D eigenvalue weighted by molar-refractivity contribution is 0.0948. The molecule has 9 nitrogen and oxygen atoms in total. The minimum absolute atomic E-state index is 0.225. The topological polar surface area (TPSA) is 103 Å². The highest BCUT2D eigenvalue weighted by Gasteiger charge is 2.21. The number of carbonyl (C=O) groups is 2. The van der Waals surface area contributed by atoms with E-state index in [1.54, 1.807) is 18.2 Å². The van der Waals surface area contributed by atoms with Gasteiger partial charge in [-0.3, -0.25) is 14.6 Å². The second kappa shape index (κ2) is 9.48. The van der Waals surface area contributed by atoms with Crippen LogP contribution in [0.4, 0.5) is 5.69 Å². The molecule has 2 aromatic carbocycles. The van der Waals surface area contributed by atoms with Crippen LogP contribution in [0.2, 0.25) is 0 Å². The maximum absolute atomic E-state index is 12.9. The average molecular weight is 459 g/mol. The number of hydrogen-bond donors (Lipinski definition) is 2. The Morgan fingerprint density at radius 1 is 0.971 bits per heavy atom. The molecule has 0 unspecified atom stereocenters. The summed E-state index contributed by atoms with van der Waals surface area (Å²) in [6.45, 7) is 4.75. The van der Waals surface area contributed by atoms with E-state index >= 15 is 0 Å². The number of likely N-dealkylation sites (N-methyl/N-ethyl adjacent to an activating group) is 1. The van der Waals surface area contributed by atoms with Gasteiger partial charge < -0.3 is 25.0 Å². The van der Waals surface area contributed by atoms with E-state index in [-0.39, 0.29) is 18.4 Å². The van der Waals surface area contributed by atoms with Gasteiger partial charge in [-0.25, -0.2) is 0 Å². The molecule has 3 aromatic rings. The Bertz CT molecular complexity index is 1210. The molecular weight excluding hydrogens is 432 g/mol. The van der Waals surface area contributed by atoms with Crippen LogP contribution in [-0.2, 0) is 13.1 Å². The third kappa shape index (κ3) is 4.69. The molecular formula is C25H26N6O3. The van der Waals surface area contributed by atoms with E-state index < -0.39 is 0 Å². The Morgan fingerprint density at radius 3 is 2.47 bits per heavy atom. The summed E-state index contributed by atoms with van der Waals surface area (Å²) in [5.74, 6) is 0.0228. The van der Waals surface area contributed by atoms with Crippen molar-refractivity contribution in [1.29, 1.82) is 0 Å². The summed E-state index contributed by atoms with van der Waals surface area (Å²) >= 11 is 0. The molecule has 0 aliphatic carbocycles. The van der Waals surface area contributed by atoms with Crippen molar-refractivity contribution in [3.05, 3.63) is 82.7 Å². The minimum Gasteiger partial charge on any atom is -0.369 e. The summed E-state index contributed by atoms with van der Waals surface area (Å²) in [6, 6.07) is 14.7. The lowest BCUT2D eigenvalue weighted by Gasteiger charge is -2.34. The van der Waals surface area contributed by atoms with Crippen LogP contribution >= 0.6 is 0 Å². The lowest BCUT2D eigenvalue weighted by Crippen LogP contribution is -2.44. The van der Waals surface area contributed by atoms with Crippen LogP contribution in [0.3, 0.4) is 0 Å². The van der Waals surface area contributed by atoms with Gasteiger partial charge in [0.05, 0.1) is 13.1 Å². The highest BCUT2D eigenvalue weighted by atomic mass is 16.5. The summed E-state index contributed by atoms with van der Waals surface area (Å²) in [7, 11) is 2.13. The molecule has 2 aliphatic rings. The maximum atomic E-state index is 12.9. The summed E-state index contributed by atoms with van der Waals surface area (Å²) in [4.78, 5) is 34.6. The molecule has 174 valence electrons. The molecule has 1 fully saturated rings. The normalized spacial score (nSPS) is 15.6. The van der Waals surface area contributed by atoms with E-state index in [1.807, 2.05) is 30.3 Å². The van der Waals surface area contributed by atoms with Gasteiger partial charge in [-0.1, -0.05) is 11.2 Å². The number of aliphatic imine (C=N–C) groups is 1. The molecule has 0 spiro atoms. The van der Waals surface area contributed by atoms with E-state index in [2.05, 4.69) is 37.6 Å². The number of benzene rings is 2. The molecule has 1 aromatic heterocycles. The number of anilines is 1. The molecule has 34 heavy (non-hydrogen) atoms. The van der Waals surface area contributed by atoms with E-state index in [9.17, 15) is 9.59 Å². The first-order valence-corrected chi connectivity index (χ1v) is 11.3.